The molecule has 0 spiro atoms. The number of unbranched alkanes of at least 4 members (excludes halogenated alkanes) is 19. The first kappa shape index (κ1) is 50.5. The summed E-state index contributed by atoms with van der Waals surface area (Å²) < 4.78 is 33.4. The van der Waals surface area contributed by atoms with Crippen LogP contribution in [-0.4, -0.2) is 49.9 Å². The van der Waals surface area contributed by atoms with Crippen LogP contribution in [0.5, 0.6) is 0 Å². The van der Waals surface area contributed by atoms with Gasteiger partial charge in [-0.1, -0.05) is 152 Å². The van der Waals surface area contributed by atoms with E-state index in [0.29, 0.717) is 13.0 Å². The van der Waals surface area contributed by atoms with Gasteiger partial charge in [0.1, 0.15) is 6.10 Å². The summed E-state index contributed by atoms with van der Waals surface area (Å²) in [5, 5.41) is 0. The number of carbonyl (C=O) groups excluding carboxylic acids is 1. The highest BCUT2D eigenvalue weighted by Gasteiger charge is 2.25. The molecule has 0 aliphatic rings. The molecule has 0 saturated heterocycles. The monoisotopic (exact) mass is 754 g/mol. The third kappa shape index (κ3) is 39.7. The molecule has 0 rings (SSSR count). The van der Waals surface area contributed by atoms with E-state index in [4.69, 9.17) is 24.3 Å². The molecule has 2 atom stereocenters. The second kappa shape index (κ2) is 40.6. The van der Waals surface area contributed by atoms with Crippen molar-refractivity contribution in [1.29, 1.82) is 0 Å². The standard InChI is InChI=1S/C43H80NO7P/c1-3-5-7-9-11-13-15-17-19-21-22-24-26-28-30-32-34-36-43(45)51-42(41-50-52(46,47)49-39-37-44)40-48-38-35-33-31-29-27-25-23-20-18-16-14-12-10-8-6-4-2/h6,8,12,14,17-20,42H,3-5,7,9-11,13,15-16,21-41,44H2,1-2H3,(H,46,47)/b8-6-,14-12-,19-17-,20-18-. The topological polar surface area (TPSA) is 117 Å². The second-order valence-electron chi connectivity index (χ2n) is 13.8. The van der Waals surface area contributed by atoms with E-state index in [1.54, 1.807) is 0 Å². The highest BCUT2D eigenvalue weighted by Crippen LogP contribution is 2.43. The molecule has 0 aromatic heterocycles. The number of carbonyl (C=O) groups is 1. The summed E-state index contributed by atoms with van der Waals surface area (Å²) >= 11 is 0. The van der Waals surface area contributed by atoms with Crippen molar-refractivity contribution in [2.45, 2.75) is 187 Å². The fourth-order valence-corrected chi connectivity index (χ4v) is 6.42. The molecule has 0 aromatic rings. The lowest BCUT2D eigenvalue weighted by atomic mass is 10.1. The molecule has 8 nitrogen and oxygen atoms in total. The number of phosphoric ester groups is 1. The minimum Gasteiger partial charge on any atom is -0.457 e. The number of hydrogen-bond acceptors (Lipinski definition) is 7. The van der Waals surface area contributed by atoms with E-state index in [2.05, 4.69) is 62.5 Å². The van der Waals surface area contributed by atoms with Gasteiger partial charge in [-0.25, -0.2) is 4.57 Å². The van der Waals surface area contributed by atoms with E-state index in [1.807, 2.05) is 0 Å². The fourth-order valence-electron chi connectivity index (χ4n) is 5.65. The summed E-state index contributed by atoms with van der Waals surface area (Å²) in [5.74, 6) is -0.341. The normalized spacial score (nSPS) is 14.0. The molecule has 52 heavy (non-hydrogen) atoms. The Balaban J connectivity index is 4.07. The number of phosphoric acid groups is 1. The molecular weight excluding hydrogens is 673 g/mol. The maximum atomic E-state index is 12.6. The first-order valence-electron chi connectivity index (χ1n) is 21.1. The van der Waals surface area contributed by atoms with Gasteiger partial charge >= 0.3 is 13.8 Å². The average Bonchev–Trinajstić information content (AvgIpc) is 3.13. The Morgan fingerprint density at radius 3 is 1.63 bits per heavy atom. The van der Waals surface area contributed by atoms with Crippen molar-refractivity contribution in [2.75, 3.05) is 33.0 Å². The number of nitrogens with two attached hydrogens (primary N) is 1. The first-order valence-corrected chi connectivity index (χ1v) is 22.6. The van der Waals surface area contributed by atoms with Crippen LogP contribution in [0.15, 0.2) is 48.6 Å². The Hall–Kier alpha value is -1.54. The Morgan fingerprint density at radius 2 is 1.08 bits per heavy atom. The van der Waals surface area contributed by atoms with Gasteiger partial charge in [-0.2, -0.15) is 0 Å². The predicted octanol–water partition coefficient (Wildman–Crippen LogP) is 12.4. The lowest BCUT2D eigenvalue weighted by Gasteiger charge is -2.20. The van der Waals surface area contributed by atoms with E-state index >= 15 is 0 Å². The van der Waals surface area contributed by atoms with Crippen molar-refractivity contribution in [1.82, 2.24) is 0 Å². The molecule has 3 N–H and O–H groups in total. The van der Waals surface area contributed by atoms with Crippen LogP contribution < -0.4 is 5.73 Å². The van der Waals surface area contributed by atoms with Gasteiger partial charge in [0.25, 0.3) is 0 Å². The quantitative estimate of drug-likeness (QED) is 0.0275. The van der Waals surface area contributed by atoms with E-state index in [1.165, 1.54) is 96.3 Å². The van der Waals surface area contributed by atoms with Crippen LogP contribution >= 0.6 is 7.82 Å². The molecule has 0 radical (unpaired) electrons. The summed E-state index contributed by atoms with van der Waals surface area (Å²) in [7, 11) is -4.28. The zero-order valence-electron chi connectivity index (χ0n) is 33.5. The van der Waals surface area contributed by atoms with Gasteiger partial charge in [0.2, 0.25) is 0 Å². The first-order chi connectivity index (χ1) is 25.4. The number of allylic oxidation sites excluding steroid dienone is 8. The maximum absolute atomic E-state index is 12.6. The third-order valence-electron chi connectivity index (χ3n) is 8.73. The van der Waals surface area contributed by atoms with Crippen LogP contribution in [0.3, 0.4) is 0 Å². The van der Waals surface area contributed by atoms with Crippen molar-refractivity contribution in [2.24, 2.45) is 5.73 Å². The number of esters is 1. The average molecular weight is 754 g/mol. The van der Waals surface area contributed by atoms with Gasteiger partial charge < -0.3 is 20.1 Å². The van der Waals surface area contributed by atoms with Gasteiger partial charge in [0.15, 0.2) is 0 Å². The summed E-state index contributed by atoms with van der Waals surface area (Å²) in [4.78, 5) is 22.5. The van der Waals surface area contributed by atoms with E-state index in [-0.39, 0.29) is 32.3 Å². The molecule has 0 aromatic carbocycles. The smallest absolute Gasteiger partial charge is 0.457 e. The van der Waals surface area contributed by atoms with Crippen LogP contribution in [0.25, 0.3) is 0 Å². The molecule has 0 fully saturated rings. The summed E-state index contributed by atoms with van der Waals surface area (Å²) in [6.07, 6.45) is 46.9. The van der Waals surface area contributed by atoms with Crippen LogP contribution in [0.2, 0.25) is 0 Å². The summed E-state index contributed by atoms with van der Waals surface area (Å²) in [6, 6.07) is 0. The van der Waals surface area contributed by atoms with E-state index < -0.39 is 13.9 Å². The van der Waals surface area contributed by atoms with Gasteiger partial charge in [0.05, 0.1) is 19.8 Å². The molecule has 0 heterocycles. The van der Waals surface area contributed by atoms with Crippen LogP contribution in [0.4, 0.5) is 0 Å². The Bertz CT molecular complexity index is 936. The highest BCUT2D eigenvalue weighted by molar-refractivity contribution is 7.47. The lowest BCUT2D eigenvalue weighted by Crippen LogP contribution is -2.28. The Morgan fingerprint density at radius 1 is 0.596 bits per heavy atom. The zero-order valence-corrected chi connectivity index (χ0v) is 34.4. The molecule has 2 unspecified atom stereocenters. The highest BCUT2D eigenvalue weighted by atomic mass is 31.2. The van der Waals surface area contributed by atoms with Gasteiger partial charge in [0, 0.05) is 19.6 Å². The number of rotatable bonds is 40. The molecular formula is C43H80NO7P. The largest absolute Gasteiger partial charge is 0.472 e. The van der Waals surface area contributed by atoms with E-state index in [0.717, 1.165) is 64.2 Å². The Kier molecular flexibility index (Phi) is 39.4. The van der Waals surface area contributed by atoms with Crippen LogP contribution in [-0.2, 0) is 27.9 Å². The second-order valence-corrected chi connectivity index (χ2v) is 15.3. The maximum Gasteiger partial charge on any atom is 0.472 e. The SMILES string of the molecule is CC/C=C\C/C=C\C/C=C\CCCCCCCCOCC(COP(=O)(O)OCCN)OC(=O)CCCCCCCCC/C=C\CCCCCCCC. The number of hydrogen-bond donors (Lipinski definition) is 2. The Labute approximate surface area is 320 Å². The summed E-state index contributed by atoms with van der Waals surface area (Å²) in [6.45, 7) is 4.77. The van der Waals surface area contributed by atoms with Crippen LogP contribution in [0, 0.1) is 0 Å². The van der Waals surface area contributed by atoms with Crippen molar-refractivity contribution in [3.8, 4) is 0 Å². The molecule has 0 aliphatic carbocycles. The minimum atomic E-state index is -4.28. The molecule has 0 aliphatic heterocycles. The zero-order chi connectivity index (χ0) is 38.1. The predicted molar refractivity (Wildman–Crippen MR) is 219 cm³/mol. The molecule has 0 amide bonds. The minimum absolute atomic E-state index is 0.0959. The van der Waals surface area contributed by atoms with Gasteiger partial charge in [-0.15, -0.1) is 0 Å². The van der Waals surface area contributed by atoms with Crippen LogP contribution in [0.1, 0.15) is 181 Å². The molecule has 0 saturated carbocycles. The lowest BCUT2D eigenvalue weighted by molar-refractivity contribution is -0.154. The van der Waals surface area contributed by atoms with E-state index in [9.17, 15) is 14.3 Å². The van der Waals surface area contributed by atoms with Crippen molar-refractivity contribution >= 4 is 13.8 Å². The fraction of sp³-hybridized carbons (Fsp3) is 0.791. The molecule has 304 valence electrons. The summed E-state index contributed by atoms with van der Waals surface area (Å²) in [5.41, 5.74) is 5.36. The molecule has 0 bridgehead atoms. The van der Waals surface area contributed by atoms with Gasteiger partial charge in [-0.3, -0.25) is 13.8 Å². The van der Waals surface area contributed by atoms with Gasteiger partial charge in [-0.05, 0) is 70.6 Å². The van der Waals surface area contributed by atoms with Crippen molar-refractivity contribution in [3.05, 3.63) is 48.6 Å². The molecule has 9 heteroatoms. The van der Waals surface area contributed by atoms with Crippen molar-refractivity contribution in [3.63, 3.8) is 0 Å². The van der Waals surface area contributed by atoms with Crippen molar-refractivity contribution < 1.29 is 32.8 Å². The number of ether oxygens (including phenoxy) is 2. The third-order valence-corrected chi connectivity index (χ3v) is 9.71.